The Bertz CT molecular complexity index is 1370. The van der Waals surface area contributed by atoms with Gasteiger partial charge in [-0.2, -0.15) is 0 Å². The lowest BCUT2D eigenvalue weighted by Crippen LogP contribution is -2.30. The Morgan fingerprint density at radius 2 is 0.591 bits per heavy atom. The second kappa shape index (κ2) is 53.7. The number of esters is 3. The molecule has 6 heteroatoms. The summed E-state index contributed by atoms with van der Waals surface area (Å²) < 4.78 is 16.8. The van der Waals surface area contributed by atoms with Crippen molar-refractivity contribution in [2.24, 2.45) is 0 Å². The van der Waals surface area contributed by atoms with Crippen LogP contribution in [0.1, 0.15) is 233 Å². The lowest BCUT2D eigenvalue weighted by Gasteiger charge is -2.18. The summed E-state index contributed by atoms with van der Waals surface area (Å²) in [5.41, 5.74) is 0. The van der Waals surface area contributed by atoms with Crippen LogP contribution in [0, 0.1) is 0 Å². The van der Waals surface area contributed by atoms with Crippen LogP contribution < -0.4 is 0 Å². The molecule has 0 fully saturated rings. The highest BCUT2D eigenvalue weighted by atomic mass is 16.6. The first-order valence-electron chi connectivity index (χ1n) is 26.9. The number of carbonyl (C=O) groups excluding carboxylic acids is 3. The molecule has 0 saturated carbocycles. The van der Waals surface area contributed by atoms with Crippen molar-refractivity contribution in [3.63, 3.8) is 0 Å². The largest absolute Gasteiger partial charge is 0.462 e. The molecule has 0 aromatic rings. The molecule has 0 saturated heterocycles. The van der Waals surface area contributed by atoms with Gasteiger partial charge in [0.05, 0.1) is 0 Å². The van der Waals surface area contributed by atoms with E-state index >= 15 is 0 Å². The Morgan fingerprint density at radius 3 is 0.939 bits per heavy atom. The summed E-state index contributed by atoms with van der Waals surface area (Å²) in [5, 5.41) is 0. The number of allylic oxidation sites excluding steroid dienone is 18. The smallest absolute Gasteiger partial charge is 0.306 e. The number of carbonyl (C=O) groups is 3. The molecule has 0 amide bonds. The van der Waals surface area contributed by atoms with Crippen LogP contribution in [0.25, 0.3) is 0 Å². The fraction of sp³-hybridized carbons (Fsp3) is 0.650. The number of hydrogen-bond acceptors (Lipinski definition) is 6. The number of hydrogen-bond donors (Lipinski definition) is 0. The van der Waals surface area contributed by atoms with Crippen LogP contribution in [0.5, 0.6) is 0 Å². The van der Waals surface area contributed by atoms with E-state index in [1.165, 1.54) is 57.8 Å². The Kier molecular flexibility index (Phi) is 50.5. The molecule has 0 aliphatic rings. The zero-order valence-corrected chi connectivity index (χ0v) is 42.7. The molecule has 0 spiro atoms. The van der Waals surface area contributed by atoms with E-state index in [0.717, 1.165) is 135 Å². The topological polar surface area (TPSA) is 78.9 Å². The van der Waals surface area contributed by atoms with Gasteiger partial charge < -0.3 is 14.2 Å². The highest BCUT2D eigenvalue weighted by Gasteiger charge is 2.19. The third kappa shape index (κ3) is 51.1. The second-order valence-electron chi connectivity index (χ2n) is 17.4. The Hall–Kier alpha value is -3.93. The van der Waals surface area contributed by atoms with Crippen molar-refractivity contribution in [3.05, 3.63) is 109 Å². The average molecular weight is 915 g/mol. The molecule has 0 radical (unpaired) electrons. The number of ether oxygens (including phenoxy) is 3. The lowest BCUT2D eigenvalue weighted by molar-refractivity contribution is -0.167. The van der Waals surface area contributed by atoms with Gasteiger partial charge in [-0.1, -0.05) is 201 Å². The summed E-state index contributed by atoms with van der Waals surface area (Å²) in [6, 6.07) is 0. The van der Waals surface area contributed by atoms with Crippen molar-refractivity contribution in [1.82, 2.24) is 0 Å². The van der Waals surface area contributed by atoms with Gasteiger partial charge in [-0.15, -0.1) is 0 Å². The van der Waals surface area contributed by atoms with Crippen LogP contribution in [0.3, 0.4) is 0 Å². The first-order chi connectivity index (χ1) is 32.5. The zero-order chi connectivity index (χ0) is 47.9. The van der Waals surface area contributed by atoms with Crippen molar-refractivity contribution in [2.75, 3.05) is 13.2 Å². The minimum Gasteiger partial charge on any atom is -0.462 e. The van der Waals surface area contributed by atoms with E-state index in [1.807, 2.05) is 0 Å². The molecule has 0 aliphatic heterocycles. The van der Waals surface area contributed by atoms with Gasteiger partial charge in [-0.3, -0.25) is 14.4 Å². The molecular formula is C60H98O6. The van der Waals surface area contributed by atoms with Crippen LogP contribution >= 0.6 is 0 Å². The maximum atomic E-state index is 12.8. The second-order valence-corrected chi connectivity index (χ2v) is 17.4. The highest BCUT2D eigenvalue weighted by Crippen LogP contribution is 2.13. The third-order valence-corrected chi connectivity index (χ3v) is 11.0. The molecule has 66 heavy (non-hydrogen) atoms. The summed E-state index contributed by atoms with van der Waals surface area (Å²) in [6.07, 6.45) is 72.1. The summed E-state index contributed by atoms with van der Waals surface area (Å²) >= 11 is 0. The molecule has 1 atom stereocenters. The molecule has 0 bridgehead atoms. The van der Waals surface area contributed by atoms with Crippen molar-refractivity contribution in [2.45, 2.75) is 239 Å². The maximum absolute atomic E-state index is 12.8. The van der Waals surface area contributed by atoms with E-state index in [9.17, 15) is 14.4 Å². The Labute approximate surface area is 406 Å². The Balaban J connectivity index is 4.48. The van der Waals surface area contributed by atoms with Crippen molar-refractivity contribution in [1.29, 1.82) is 0 Å². The fourth-order valence-corrected chi connectivity index (χ4v) is 7.01. The standard InChI is InChI=1S/C60H98O6/c1-4-7-10-13-16-19-22-25-27-29-31-32-35-38-41-44-47-50-53-59(62)65-56-57(55-64-58(61)52-49-46-43-40-37-34-24-21-18-15-12-9-6-3)66-60(63)54-51-48-45-42-39-36-33-30-28-26-23-20-17-14-11-8-5-2/h8-9,11-12,17-22,26-29,33-34,36-37,57H,4-7,10,13-16,23-25,30-32,35,38-56H2,1-3H3/b11-8-,12-9-,20-17-,21-18-,22-19-,28-26-,29-27-,36-33-,37-34-. The zero-order valence-electron chi connectivity index (χ0n) is 42.7. The summed E-state index contributed by atoms with van der Waals surface area (Å²) in [6.45, 7) is 6.33. The van der Waals surface area contributed by atoms with Crippen LogP contribution in [0.4, 0.5) is 0 Å². The molecule has 0 heterocycles. The van der Waals surface area contributed by atoms with Crippen LogP contribution in [-0.4, -0.2) is 37.2 Å². The van der Waals surface area contributed by atoms with Gasteiger partial charge in [0, 0.05) is 19.3 Å². The number of unbranched alkanes of at least 4 members (excludes halogenated alkanes) is 18. The van der Waals surface area contributed by atoms with Gasteiger partial charge in [0.25, 0.3) is 0 Å². The van der Waals surface area contributed by atoms with E-state index in [0.29, 0.717) is 12.8 Å². The van der Waals surface area contributed by atoms with E-state index in [2.05, 4.69) is 130 Å². The number of rotatable bonds is 47. The van der Waals surface area contributed by atoms with Gasteiger partial charge in [-0.05, 0) is 122 Å². The van der Waals surface area contributed by atoms with Gasteiger partial charge in [0.2, 0.25) is 0 Å². The molecule has 374 valence electrons. The molecule has 0 aromatic heterocycles. The highest BCUT2D eigenvalue weighted by molar-refractivity contribution is 5.71. The van der Waals surface area contributed by atoms with Gasteiger partial charge in [0.1, 0.15) is 13.2 Å². The average Bonchev–Trinajstić information content (AvgIpc) is 3.31. The van der Waals surface area contributed by atoms with Gasteiger partial charge >= 0.3 is 17.9 Å². The normalized spacial score (nSPS) is 13.0. The van der Waals surface area contributed by atoms with Crippen LogP contribution in [0.15, 0.2) is 109 Å². The van der Waals surface area contributed by atoms with E-state index < -0.39 is 6.10 Å². The monoisotopic (exact) mass is 915 g/mol. The SMILES string of the molecule is CC/C=C\C/C=C\C/C=C\C/C=C\CCCCCCC(=O)OC(COC(=O)CCCCC/C=C\C/C=C\C/C=C\CC)COC(=O)CCCCCCCCC/C=C\C/C=C\CCCCCC. The van der Waals surface area contributed by atoms with Gasteiger partial charge in [0.15, 0.2) is 6.10 Å². The molecule has 0 aliphatic carbocycles. The molecular weight excluding hydrogens is 817 g/mol. The predicted molar refractivity (Wildman–Crippen MR) is 283 cm³/mol. The minimum atomic E-state index is -0.808. The van der Waals surface area contributed by atoms with E-state index in [4.69, 9.17) is 14.2 Å². The van der Waals surface area contributed by atoms with Crippen LogP contribution in [0.2, 0.25) is 0 Å². The molecule has 0 aromatic carbocycles. The molecule has 0 rings (SSSR count). The Morgan fingerprint density at radius 1 is 0.318 bits per heavy atom. The maximum Gasteiger partial charge on any atom is 0.306 e. The molecule has 0 N–H and O–H groups in total. The minimum absolute atomic E-state index is 0.104. The van der Waals surface area contributed by atoms with E-state index in [-0.39, 0.29) is 37.5 Å². The molecule has 6 nitrogen and oxygen atoms in total. The quantitative estimate of drug-likeness (QED) is 0.0262. The summed E-state index contributed by atoms with van der Waals surface area (Å²) in [5.74, 6) is -0.969. The predicted octanol–water partition coefficient (Wildman–Crippen LogP) is 17.9. The lowest BCUT2D eigenvalue weighted by atomic mass is 10.1. The van der Waals surface area contributed by atoms with Crippen LogP contribution in [-0.2, 0) is 28.6 Å². The molecule has 1 unspecified atom stereocenters. The van der Waals surface area contributed by atoms with Crippen molar-refractivity contribution >= 4 is 17.9 Å². The first-order valence-corrected chi connectivity index (χ1v) is 26.9. The fourth-order valence-electron chi connectivity index (χ4n) is 7.01. The van der Waals surface area contributed by atoms with Crippen molar-refractivity contribution < 1.29 is 28.6 Å². The summed E-state index contributed by atoms with van der Waals surface area (Å²) in [4.78, 5) is 38.1. The first kappa shape index (κ1) is 62.1. The van der Waals surface area contributed by atoms with E-state index in [1.54, 1.807) is 0 Å². The van der Waals surface area contributed by atoms with Gasteiger partial charge in [-0.25, -0.2) is 0 Å². The van der Waals surface area contributed by atoms with Crippen molar-refractivity contribution in [3.8, 4) is 0 Å². The summed E-state index contributed by atoms with van der Waals surface area (Å²) in [7, 11) is 0. The third-order valence-electron chi connectivity index (χ3n) is 11.0.